The van der Waals surface area contributed by atoms with Crippen molar-refractivity contribution in [2.24, 2.45) is 5.16 Å². The minimum Gasteiger partial charge on any atom is -0.477 e. The zero-order valence-electron chi connectivity index (χ0n) is 16.3. The average Bonchev–Trinajstić information content (AvgIpc) is 3.41. The van der Waals surface area contributed by atoms with Crippen LogP contribution in [0.25, 0.3) is 0 Å². The highest BCUT2D eigenvalue weighted by Crippen LogP contribution is 2.46. The molecule has 0 spiro atoms. The number of thioether (sulfide) groups is 1. The molecule has 19 heteroatoms. The van der Waals surface area contributed by atoms with E-state index < -0.39 is 57.4 Å². The van der Waals surface area contributed by atoms with Gasteiger partial charge in [-0.15, -0.1) is 5.10 Å². The van der Waals surface area contributed by atoms with Gasteiger partial charge in [0.05, 0.1) is 6.04 Å². The largest absolute Gasteiger partial charge is 0.477 e. The number of halogens is 3. The maximum atomic E-state index is 13.1. The summed E-state index contributed by atoms with van der Waals surface area (Å²) >= 11 is 1.36. The van der Waals surface area contributed by atoms with Gasteiger partial charge in [0.15, 0.2) is 10.0 Å². The highest BCUT2D eigenvalue weighted by molar-refractivity contribution is 8.03. The lowest BCUT2D eigenvalue weighted by Crippen LogP contribution is -2.72. The number of aliphatic carboxylic acids is 1. The van der Waals surface area contributed by atoms with Gasteiger partial charge in [0, 0.05) is 16.4 Å². The summed E-state index contributed by atoms with van der Waals surface area (Å²) in [5.74, 6) is -3.59. The van der Waals surface area contributed by atoms with Crippen molar-refractivity contribution in [1.82, 2.24) is 29.2 Å². The van der Waals surface area contributed by atoms with Crippen LogP contribution < -0.4 is 11.1 Å². The highest BCUT2D eigenvalue weighted by atomic mass is 32.2. The first-order chi connectivity index (χ1) is 16.0. The van der Waals surface area contributed by atoms with Gasteiger partial charge in [-0.1, -0.05) is 21.4 Å². The maximum Gasteiger partial charge on any atom is 0.429 e. The van der Waals surface area contributed by atoms with E-state index in [0.29, 0.717) is 11.8 Å². The van der Waals surface area contributed by atoms with Gasteiger partial charge in [-0.25, -0.2) is 4.79 Å². The first-order valence-electron chi connectivity index (χ1n) is 9.02. The van der Waals surface area contributed by atoms with Crippen LogP contribution >= 0.6 is 34.8 Å². The molecule has 2 atom stereocenters. The van der Waals surface area contributed by atoms with Gasteiger partial charge < -0.3 is 21.4 Å². The third kappa shape index (κ3) is 4.16. The van der Waals surface area contributed by atoms with E-state index in [1.165, 1.54) is 0 Å². The van der Waals surface area contributed by atoms with E-state index in [1.54, 1.807) is 0 Å². The zero-order valence-corrected chi connectivity index (χ0v) is 18.8. The van der Waals surface area contributed by atoms with E-state index in [1.807, 2.05) is 0 Å². The molecule has 2 amide bonds. The number of carbonyl (C=O) groups is 3. The van der Waals surface area contributed by atoms with Crippen LogP contribution in [0, 0.1) is 0 Å². The number of nitrogens with one attached hydrogen (secondary N) is 1. The molecular formula is C15H11F3N8O5S3. The summed E-state index contributed by atoms with van der Waals surface area (Å²) in [6.07, 6.45) is -4.57. The van der Waals surface area contributed by atoms with Crippen molar-refractivity contribution in [3.8, 4) is 0 Å². The Kier molecular flexibility index (Phi) is 6.16. The summed E-state index contributed by atoms with van der Waals surface area (Å²) in [7, 11) is 0. The van der Waals surface area contributed by atoms with Crippen LogP contribution in [0.15, 0.2) is 20.8 Å². The molecule has 0 radical (unpaired) electrons. The van der Waals surface area contributed by atoms with Gasteiger partial charge in [-0.2, -0.15) is 22.5 Å². The molecule has 4 rings (SSSR count). The number of nitrogens with two attached hydrogens (primary N) is 1. The van der Waals surface area contributed by atoms with Crippen molar-refractivity contribution >= 4 is 63.5 Å². The van der Waals surface area contributed by atoms with E-state index in [0.717, 1.165) is 16.4 Å². The molecule has 4 heterocycles. The SMILES string of the molecule is Nc1nc(/C(=N/O)C(=O)NC2C(=O)N3C(C(=O)O)=C(Sc4nnsc4C(F)(F)F)CC[C@H]23)ns1. The number of alkyl halides is 3. The van der Waals surface area contributed by atoms with Crippen LogP contribution in [-0.4, -0.2) is 69.7 Å². The smallest absolute Gasteiger partial charge is 0.429 e. The minimum absolute atomic E-state index is 0.000153. The third-order valence-corrected chi connectivity index (χ3v) is 7.35. The van der Waals surface area contributed by atoms with Crippen molar-refractivity contribution in [2.45, 2.75) is 36.1 Å². The fraction of sp³-hybridized carbons (Fsp3) is 0.333. The van der Waals surface area contributed by atoms with Gasteiger partial charge in [-0.3, -0.25) is 14.5 Å². The van der Waals surface area contributed by atoms with E-state index in [2.05, 4.69) is 29.4 Å². The Morgan fingerprint density at radius 3 is 2.65 bits per heavy atom. The normalized spacial score (nSPS) is 20.7. The number of β-lactam (4-membered cyclic amide) rings is 1. The van der Waals surface area contributed by atoms with E-state index >= 15 is 0 Å². The molecule has 1 saturated heterocycles. The number of carbonyl (C=O) groups excluding carboxylic acids is 2. The Hall–Kier alpha value is -3.32. The number of carboxylic acid groups (broad SMARTS) is 1. The number of hydrogen-bond acceptors (Lipinski definition) is 13. The molecule has 5 N–H and O–H groups in total. The maximum absolute atomic E-state index is 13.1. The van der Waals surface area contributed by atoms with Gasteiger partial charge in [0.1, 0.15) is 16.8 Å². The van der Waals surface area contributed by atoms with Crippen LogP contribution in [-0.2, 0) is 20.6 Å². The van der Waals surface area contributed by atoms with Gasteiger partial charge in [-0.05, 0) is 24.4 Å². The van der Waals surface area contributed by atoms with E-state index in [4.69, 9.17) is 10.9 Å². The number of amides is 2. The zero-order chi connectivity index (χ0) is 24.8. The second-order valence-corrected chi connectivity index (χ2v) is 9.38. The van der Waals surface area contributed by atoms with Crippen molar-refractivity contribution in [3.05, 3.63) is 21.3 Å². The van der Waals surface area contributed by atoms with Crippen LogP contribution in [0.1, 0.15) is 23.5 Å². The first kappa shape index (κ1) is 23.8. The molecule has 0 aromatic carbocycles. The molecule has 0 bridgehead atoms. The molecule has 2 aromatic rings. The van der Waals surface area contributed by atoms with Crippen LogP contribution in [0.2, 0.25) is 0 Å². The monoisotopic (exact) mass is 536 g/mol. The second-order valence-electron chi connectivity index (χ2n) is 6.75. The molecule has 34 heavy (non-hydrogen) atoms. The fourth-order valence-corrected chi connectivity index (χ4v) is 5.58. The van der Waals surface area contributed by atoms with Gasteiger partial charge >= 0.3 is 12.1 Å². The summed E-state index contributed by atoms with van der Waals surface area (Å²) in [6.45, 7) is 0. The number of rotatable bonds is 6. The summed E-state index contributed by atoms with van der Waals surface area (Å²) in [6, 6.07) is -1.94. The van der Waals surface area contributed by atoms with Gasteiger partial charge in [0.2, 0.25) is 11.5 Å². The molecule has 2 aromatic heterocycles. The number of aromatic nitrogens is 4. The minimum atomic E-state index is -4.72. The Labute approximate surface area is 198 Å². The van der Waals surface area contributed by atoms with Crippen molar-refractivity contribution in [1.29, 1.82) is 0 Å². The number of oxime groups is 1. The Morgan fingerprint density at radius 2 is 2.06 bits per heavy atom. The number of fused-ring (bicyclic) bond motifs is 1. The second kappa shape index (κ2) is 8.80. The molecule has 1 fully saturated rings. The predicted molar refractivity (Wildman–Crippen MR) is 110 cm³/mol. The van der Waals surface area contributed by atoms with E-state index in [-0.39, 0.29) is 40.2 Å². The molecular weight excluding hydrogens is 525 g/mol. The van der Waals surface area contributed by atoms with Crippen molar-refractivity contribution in [3.63, 3.8) is 0 Å². The van der Waals surface area contributed by atoms with Crippen LogP contribution in [0.5, 0.6) is 0 Å². The lowest BCUT2D eigenvalue weighted by Gasteiger charge is -2.49. The van der Waals surface area contributed by atoms with Gasteiger partial charge in [0.25, 0.3) is 11.8 Å². The highest BCUT2D eigenvalue weighted by Gasteiger charge is 2.54. The number of carboxylic acids is 1. The molecule has 13 nitrogen and oxygen atoms in total. The topological polar surface area (TPSA) is 197 Å². The average molecular weight is 536 g/mol. The molecule has 0 aliphatic carbocycles. The predicted octanol–water partition coefficient (Wildman–Crippen LogP) is 0.747. The number of nitrogen functional groups attached to an aromatic ring is 1. The quantitative estimate of drug-likeness (QED) is 0.176. The van der Waals surface area contributed by atoms with E-state index in [9.17, 15) is 32.7 Å². The van der Waals surface area contributed by atoms with Crippen molar-refractivity contribution < 1.29 is 37.9 Å². The number of allylic oxidation sites excluding steroid dienone is 1. The molecule has 1 unspecified atom stereocenters. The third-order valence-electron chi connectivity index (χ3n) is 4.79. The lowest BCUT2D eigenvalue weighted by molar-refractivity contribution is -0.155. The Morgan fingerprint density at radius 1 is 1.32 bits per heavy atom. The summed E-state index contributed by atoms with van der Waals surface area (Å²) in [5, 5.41) is 26.9. The van der Waals surface area contributed by atoms with Crippen LogP contribution in [0.3, 0.4) is 0 Å². The molecule has 2 aliphatic rings. The lowest BCUT2D eigenvalue weighted by atomic mass is 9.86. The van der Waals surface area contributed by atoms with Crippen LogP contribution in [0.4, 0.5) is 18.3 Å². The molecule has 0 saturated carbocycles. The standard InChI is InChI=1S/C15H11F3N8O5S3/c16-15(17,18)8-11(22-25-33-8)32-4-2-1-3-5(12(28)26(3)7(4)13(29)30)20-10(27)6(23-31)9-21-14(19)34-24-9/h3,5,31H,1-2H2,(H,20,27)(H,29,30)(H2,19,21,24)/b23-6-/t3-,5?/m1/s1. The molecule has 2 aliphatic heterocycles. The number of nitrogens with zero attached hydrogens (tertiary/aromatic N) is 6. The van der Waals surface area contributed by atoms with Crippen molar-refractivity contribution in [2.75, 3.05) is 5.73 Å². The Balaban J connectivity index is 1.55. The summed E-state index contributed by atoms with van der Waals surface area (Å²) in [4.78, 5) is 40.6. The number of hydrogen-bond donors (Lipinski definition) is 4. The number of anilines is 1. The summed E-state index contributed by atoms with van der Waals surface area (Å²) < 4.78 is 46.4. The Bertz CT molecular complexity index is 1240. The first-order valence-corrected chi connectivity index (χ1v) is 11.4. The fourth-order valence-electron chi connectivity index (χ4n) is 3.40. The summed E-state index contributed by atoms with van der Waals surface area (Å²) in [5.41, 5.74) is 4.34. The molecule has 180 valence electrons.